The maximum atomic E-state index is 2.63. The van der Waals surface area contributed by atoms with Crippen LogP contribution in [-0.2, 0) is 0 Å². The molecule has 0 aliphatic heterocycles. The number of hydrogen-bond donors (Lipinski definition) is 0. The first-order valence-electron chi connectivity index (χ1n) is 16.9. The molecule has 0 N–H and O–H groups in total. The van der Waals surface area contributed by atoms with Crippen molar-refractivity contribution in [1.82, 2.24) is 4.90 Å². The molecule has 0 aliphatic carbocycles. The van der Waals surface area contributed by atoms with Crippen LogP contribution in [-0.4, -0.2) is 24.5 Å². The number of unbranched alkanes of at least 4 members (excludes halogenated alkanes) is 25. The molecular formula is C34H71N. The van der Waals surface area contributed by atoms with E-state index in [0.717, 1.165) is 6.04 Å². The predicted octanol–water partition coefficient (Wildman–Crippen LogP) is 12.3. The Hall–Kier alpha value is -0.0400. The highest BCUT2D eigenvalue weighted by molar-refractivity contribution is 4.64. The summed E-state index contributed by atoms with van der Waals surface area (Å²) in [4.78, 5) is 2.63. The van der Waals surface area contributed by atoms with Gasteiger partial charge in [-0.3, -0.25) is 0 Å². The molecule has 0 aliphatic rings. The molecule has 0 aromatic heterocycles. The standard InChI is InChI=1S/C34H71N/c1-5-7-9-11-13-15-17-19-21-23-25-27-29-31-33-35(4)34(3)32-30-28-26-24-22-20-18-16-14-12-10-8-6-2/h34H,5-33H2,1-4H3. The molecule has 0 radical (unpaired) electrons. The largest absolute Gasteiger partial charge is 0.304 e. The van der Waals surface area contributed by atoms with Gasteiger partial charge in [-0.05, 0) is 33.4 Å². The monoisotopic (exact) mass is 494 g/mol. The van der Waals surface area contributed by atoms with Crippen molar-refractivity contribution in [3.8, 4) is 0 Å². The minimum atomic E-state index is 0.768. The van der Waals surface area contributed by atoms with Gasteiger partial charge in [0.25, 0.3) is 0 Å². The van der Waals surface area contributed by atoms with Gasteiger partial charge in [-0.1, -0.05) is 181 Å². The molecule has 0 saturated heterocycles. The summed E-state index contributed by atoms with van der Waals surface area (Å²) in [5, 5.41) is 0. The molecule has 0 amide bonds. The van der Waals surface area contributed by atoms with Gasteiger partial charge in [-0.25, -0.2) is 0 Å². The van der Waals surface area contributed by atoms with Crippen LogP contribution in [0.25, 0.3) is 0 Å². The third kappa shape index (κ3) is 28.4. The molecule has 0 heterocycles. The van der Waals surface area contributed by atoms with Crippen molar-refractivity contribution in [3.63, 3.8) is 0 Å². The Morgan fingerprint density at radius 1 is 0.371 bits per heavy atom. The molecule has 1 unspecified atom stereocenters. The second-order valence-electron chi connectivity index (χ2n) is 12.0. The van der Waals surface area contributed by atoms with E-state index in [1.807, 2.05) is 0 Å². The van der Waals surface area contributed by atoms with Gasteiger partial charge in [-0.2, -0.15) is 0 Å². The van der Waals surface area contributed by atoms with Crippen LogP contribution in [0, 0.1) is 0 Å². The Labute approximate surface area is 225 Å². The molecule has 1 heteroatoms. The fraction of sp³-hybridized carbons (Fsp3) is 1.00. The third-order valence-electron chi connectivity index (χ3n) is 8.34. The maximum absolute atomic E-state index is 2.63. The van der Waals surface area contributed by atoms with Crippen LogP contribution in [0.5, 0.6) is 0 Å². The summed E-state index contributed by atoms with van der Waals surface area (Å²) in [6, 6.07) is 0.768. The molecule has 0 bridgehead atoms. The lowest BCUT2D eigenvalue weighted by molar-refractivity contribution is 0.236. The van der Waals surface area contributed by atoms with E-state index in [4.69, 9.17) is 0 Å². The van der Waals surface area contributed by atoms with E-state index in [-0.39, 0.29) is 0 Å². The van der Waals surface area contributed by atoms with E-state index in [1.165, 1.54) is 186 Å². The summed E-state index contributed by atoms with van der Waals surface area (Å²) in [5.74, 6) is 0. The van der Waals surface area contributed by atoms with Crippen molar-refractivity contribution >= 4 is 0 Å². The second kappa shape index (κ2) is 30.2. The van der Waals surface area contributed by atoms with Crippen LogP contribution in [0.4, 0.5) is 0 Å². The quantitative estimate of drug-likeness (QED) is 0.0899. The Bertz CT molecular complexity index is 366. The minimum Gasteiger partial charge on any atom is -0.304 e. The highest BCUT2D eigenvalue weighted by Gasteiger charge is 2.08. The lowest BCUT2D eigenvalue weighted by atomic mass is 10.0. The van der Waals surface area contributed by atoms with E-state index in [0.29, 0.717) is 0 Å². The Morgan fingerprint density at radius 2 is 0.629 bits per heavy atom. The van der Waals surface area contributed by atoms with Crippen molar-refractivity contribution < 1.29 is 0 Å². The zero-order valence-corrected chi connectivity index (χ0v) is 25.5. The van der Waals surface area contributed by atoms with Crippen LogP contribution >= 0.6 is 0 Å². The highest BCUT2D eigenvalue weighted by Crippen LogP contribution is 2.16. The first-order valence-corrected chi connectivity index (χ1v) is 16.9. The van der Waals surface area contributed by atoms with E-state index in [2.05, 4.69) is 32.7 Å². The lowest BCUT2D eigenvalue weighted by Crippen LogP contribution is -2.29. The molecule has 0 aromatic carbocycles. The summed E-state index contributed by atoms with van der Waals surface area (Å²) in [6.45, 7) is 8.36. The van der Waals surface area contributed by atoms with E-state index >= 15 is 0 Å². The molecule has 1 atom stereocenters. The van der Waals surface area contributed by atoms with Crippen molar-refractivity contribution in [3.05, 3.63) is 0 Å². The predicted molar refractivity (Wildman–Crippen MR) is 163 cm³/mol. The Kier molecular flexibility index (Phi) is 30.2. The summed E-state index contributed by atoms with van der Waals surface area (Å²) in [7, 11) is 2.36. The van der Waals surface area contributed by atoms with E-state index in [9.17, 15) is 0 Å². The fourth-order valence-electron chi connectivity index (χ4n) is 5.45. The van der Waals surface area contributed by atoms with Gasteiger partial charge in [0.05, 0.1) is 0 Å². The zero-order valence-electron chi connectivity index (χ0n) is 25.5. The summed E-state index contributed by atoms with van der Waals surface area (Å²) >= 11 is 0. The topological polar surface area (TPSA) is 3.24 Å². The Morgan fingerprint density at radius 3 is 0.943 bits per heavy atom. The van der Waals surface area contributed by atoms with Gasteiger partial charge in [0.2, 0.25) is 0 Å². The van der Waals surface area contributed by atoms with Crippen molar-refractivity contribution in [2.45, 2.75) is 207 Å². The minimum absolute atomic E-state index is 0.768. The van der Waals surface area contributed by atoms with Crippen LogP contribution < -0.4 is 0 Å². The number of hydrogen-bond acceptors (Lipinski definition) is 1. The van der Waals surface area contributed by atoms with Crippen LogP contribution in [0.3, 0.4) is 0 Å². The lowest BCUT2D eigenvalue weighted by Gasteiger charge is -2.24. The molecule has 0 spiro atoms. The third-order valence-corrected chi connectivity index (χ3v) is 8.34. The van der Waals surface area contributed by atoms with Crippen LogP contribution in [0.15, 0.2) is 0 Å². The summed E-state index contributed by atoms with van der Waals surface area (Å²) in [5.41, 5.74) is 0. The summed E-state index contributed by atoms with van der Waals surface area (Å²) in [6.07, 6.45) is 40.7. The van der Waals surface area contributed by atoms with Crippen molar-refractivity contribution in [2.24, 2.45) is 0 Å². The van der Waals surface area contributed by atoms with Gasteiger partial charge >= 0.3 is 0 Å². The van der Waals surface area contributed by atoms with Gasteiger partial charge in [0, 0.05) is 6.04 Å². The molecule has 0 aromatic rings. The van der Waals surface area contributed by atoms with E-state index in [1.54, 1.807) is 0 Å². The molecule has 212 valence electrons. The van der Waals surface area contributed by atoms with Gasteiger partial charge in [0.1, 0.15) is 0 Å². The molecule has 0 rings (SSSR count). The smallest absolute Gasteiger partial charge is 0.00638 e. The van der Waals surface area contributed by atoms with Crippen LogP contribution in [0.1, 0.15) is 201 Å². The Balaban J connectivity index is 3.27. The van der Waals surface area contributed by atoms with Crippen LogP contribution in [0.2, 0.25) is 0 Å². The highest BCUT2D eigenvalue weighted by atomic mass is 15.1. The molecule has 0 fully saturated rings. The molecule has 35 heavy (non-hydrogen) atoms. The molecular weight excluding hydrogens is 422 g/mol. The number of nitrogens with zero attached hydrogens (tertiary/aromatic N) is 1. The maximum Gasteiger partial charge on any atom is 0.00638 e. The SMILES string of the molecule is CCCCCCCCCCCCCCCCN(C)C(C)CCCCCCCCCCCCCCC. The average Bonchev–Trinajstić information content (AvgIpc) is 2.86. The molecule has 0 saturated carbocycles. The van der Waals surface area contributed by atoms with Crippen molar-refractivity contribution in [1.29, 1.82) is 0 Å². The average molecular weight is 494 g/mol. The van der Waals surface area contributed by atoms with Gasteiger partial charge in [-0.15, -0.1) is 0 Å². The zero-order chi connectivity index (χ0) is 25.7. The summed E-state index contributed by atoms with van der Waals surface area (Å²) < 4.78 is 0. The first kappa shape index (κ1) is 35.0. The fourth-order valence-corrected chi connectivity index (χ4v) is 5.45. The van der Waals surface area contributed by atoms with E-state index < -0.39 is 0 Å². The van der Waals surface area contributed by atoms with Gasteiger partial charge in [0.15, 0.2) is 0 Å². The first-order chi connectivity index (χ1) is 17.2. The molecule has 1 nitrogen and oxygen atoms in total. The number of rotatable bonds is 30. The van der Waals surface area contributed by atoms with Crippen molar-refractivity contribution in [2.75, 3.05) is 13.6 Å². The second-order valence-corrected chi connectivity index (χ2v) is 12.0. The normalized spacial score (nSPS) is 12.6. The van der Waals surface area contributed by atoms with Gasteiger partial charge < -0.3 is 4.90 Å².